The highest BCUT2D eigenvalue weighted by Gasteiger charge is 2.15. The molecule has 0 fully saturated rings. The van der Waals surface area contributed by atoms with Crippen LogP contribution in [-0.4, -0.2) is 21.2 Å². The lowest BCUT2D eigenvalue weighted by molar-refractivity contribution is 0.395. The topological polar surface area (TPSA) is 46.2 Å². The zero-order chi connectivity index (χ0) is 15.2. The van der Waals surface area contributed by atoms with Crippen LogP contribution in [0.1, 0.15) is 51.6 Å². The molecule has 0 aliphatic heterocycles. The van der Waals surface area contributed by atoms with Crippen molar-refractivity contribution in [1.82, 2.24) is 5.32 Å². The van der Waals surface area contributed by atoms with Gasteiger partial charge in [0.25, 0.3) is 0 Å². The van der Waals surface area contributed by atoms with Gasteiger partial charge in [0.2, 0.25) is 0 Å². The monoisotopic (exact) mass is 297 g/mol. The van der Waals surface area contributed by atoms with Crippen LogP contribution in [0.3, 0.4) is 0 Å². The Bertz CT molecular complexity index is 494. The lowest BCUT2D eigenvalue weighted by Gasteiger charge is -2.22. The number of nitrogens with one attached hydrogen (secondary N) is 1. The minimum absolute atomic E-state index is 0.301. The van der Waals surface area contributed by atoms with E-state index in [2.05, 4.69) is 26.1 Å². The third kappa shape index (κ3) is 5.25. The Hall–Kier alpha value is -0.870. The Morgan fingerprint density at radius 2 is 1.75 bits per heavy atom. The molecule has 2 unspecified atom stereocenters. The van der Waals surface area contributed by atoms with Gasteiger partial charge in [-0.05, 0) is 36.6 Å². The lowest BCUT2D eigenvalue weighted by atomic mass is 9.93. The van der Waals surface area contributed by atoms with Crippen LogP contribution in [0.25, 0.3) is 0 Å². The van der Waals surface area contributed by atoms with Crippen LogP contribution in [0.15, 0.2) is 29.2 Å². The molecule has 0 aliphatic rings. The summed E-state index contributed by atoms with van der Waals surface area (Å²) in [7, 11) is -3.11. The average Bonchev–Trinajstić information content (AvgIpc) is 2.38. The summed E-state index contributed by atoms with van der Waals surface area (Å²) in [6.07, 6.45) is 4.75. The summed E-state index contributed by atoms with van der Waals surface area (Å²) in [5, 5.41) is 3.50. The average molecular weight is 297 g/mol. The fourth-order valence-electron chi connectivity index (χ4n) is 2.54. The zero-order valence-corrected chi connectivity index (χ0v) is 13.8. The van der Waals surface area contributed by atoms with Crippen molar-refractivity contribution in [2.75, 3.05) is 12.8 Å². The van der Waals surface area contributed by atoms with Crippen LogP contribution in [0.2, 0.25) is 0 Å². The second-order valence-electron chi connectivity index (χ2n) is 5.58. The molecule has 20 heavy (non-hydrogen) atoms. The van der Waals surface area contributed by atoms with Gasteiger partial charge in [-0.3, -0.25) is 0 Å². The third-order valence-corrected chi connectivity index (χ3v) is 4.71. The molecule has 1 rings (SSSR count). The van der Waals surface area contributed by atoms with E-state index in [4.69, 9.17) is 0 Å². The summed E-state index contributed by atoms with van der Waals surface area (Å²) in [4.78, 5) is 0.387. The molecular formula is C16H27NO2S. The lowest BCUT2D eigenvalue weighted by Crippen LogP contribution is -2.23. The van der Waals surface area contributed by atoms with Crippen molar-refractivity contribution in [3.63, 3.8) is 0 Å². The molecule has 1 aromatic carbocycles. The van der Waals surface area contributed by atoms with E-state index in [0.29, 0.717) is 16.9 Å². The van der Waals surface area contributed by atoms with Crippen molar-refractivity contribution in [2.24, 2.45) is 5.92 Å². The highest BCUT2D eigenvalue weighted by atomic mass is 32.2. The summed E-state index contributed by atoms with van der Waals surface area (Å²) >= 11 is 0. The molecule has 2 atom stereocenters. The van der Waals surface area contributed by atoms with Gasteiger partial charge in [0.15, 0.2) is 9.84 Å². The van der Waals surface area contributed by atoms with E-state index in [1.807, 2.05) is 12.1 Å². The molecule has 1 aromatic rings. The molecule has 0 amide bonds. The first-order valence-electron chi connectivity index (χ1n) is 7.41. The molecule has 0 saturated heterocycles. The second kappa shape index (κ2) is 7.79. The first kappa shape index (κ1) is 17.2. The Morgan fingerprint density at radius 3 is 2.20 bits per heavy atom. The van der Waals surface area contributed by atoms with Gasteiger partial charge in [0, 0.05) is 12.3 Å². The van der Waals surface area contributed by atoms with Crippen molar-refractivity contribution < 1.29 is 8.42 Å². The Balaban J connectivity index is 2.86. The minimum atomic E-state index is -3.11. The molecule has 0 heterocycles. The van der Waals surface area contributed by atoms with Crippen molar-refractivity contribution in [3.8, 4) is 0 Å². The molecule has 0 aromatic heterocycles. The highest BCUT2D eigenvalue weighted by molar-refractivity contribution is 7.90. The van der Waals surface area contributed by atoms with Crippen LogP contribution in [0, 0.1) is 5.92 Å². The standard InChI is InChI=1S/C16H27NO2S/c1-5-7-13(3)12-16(17-6-2)14-8-10-15(11-9-14)20(4,18)19/h8-11,13,16-17H,5-7,12H2,1-4H3. The van der Waals surface area contributed by atoms with Gasteiger partial charge in [0.05, 0.1) is 4.90 Å². The Morgan fingerprint density at radius 1 is 1.15 bits per heavy atom. The molecule has 0 aliphatic carbocycles. The van der Waals surface area contributed by atoms with E-state index >= 15 is 0 Å². The fourth-order valence-corrected chi connectivity index (χ4v) is 3.17. The van der Waals surface area contributed by atoms with Gasteiger partial charge in [-0.15, -0.1) is 0 Å². The summed E-state index contributed by atoms with van der Waals surface area (Å²) in [5.74, 6) is 0.665. The van der Waals surface area contributed by atoms with Crippen molar-refractivity contribution in [1.29, 1.82) is 0 Å². The fraction of sp³-hybridized carbons (Fsp3) is 0.625. The van der Waals surface area contributed by atoms with Crippen LogP contribution in [-0.2, 0) is 9.84 Å². The van der Waals surface area contributed by atoms with E-state index in [1.54, 1.807) is 12.1 Å². The summed E-state index contributed by atoms with van der Waals surface area (Å²) < 4.78 is 23.0. The van der Waals surface area contributed by atoms with E-state index in [9.17, 15) is 8.42 Å². The molecular weight excluding hydrogens is 270 g/mol. The van der Waals surface area contributed by atoms with E-state index in [1.165, 1.54) is 24.7 Å². The van der Waals surface area contributed by atoms with Crippen LogP contribution in [0.4, 0.5) is 0 Å². The van der Waals surface area contributed by atoms with Crippen LogP contribution in [0.5, 0.6) is 0 Å². The number of sulfone groups is 1. The van der Waals surface area contributed by atoms with Crippen molar-refractivity contribution >= 4 is 9.84 Å². The summed E-state index contributed by atoms with van der Waals surface area (Å²) in [6.45, 7) is 7.50. The van der Waals surface area contributed by atoms with Crippen molar-refractivity contribution in [3.05, 3.63) is 29.8 Å². The zero-order valence-electron chi connectivity index (χ0n) is 13.0. The molecule has 0 spiro atoms. The molecule has 114 valence electrons. The Kier molecular flexibility index (Phi) is 6.69. The minimum Gasteiger partial charge on any atom is -0.310 e. The first-order chi connectivity index (χ1) is 9.38. The first-order valence-corrected chi connectivity index (χ1v) is 9.31. The van der Waals surface area contributed by atoms with Crippen LogP contribution >= 0.6 is 0 Å². The van der Waals surface area contributed by atoms with E-state index in [-0.39, 0.29) is 0 Å². The molecule has 0 radical (unpaired) electrons. The van der Waals surface area contributed by atoms with Gasteiger partial charge in [-0.1, -0.05) is 45.7 Å². The van der Waals surface area contributed by atoms with Gasteiger partial charge >= 0.3 is 0 Å². The largest absolute Gasteiger partial charge is 0.310 e. The van der Waals surface area contributed by atoms with E-state index in [0.717, 1.165) is 13.0 Å². The molecule has 0 bridgehead atoms. The van der Waals surface area contributed by atoms with Crippen molar-refractivity contribution in [2.45, 2.75) is 51.0 Å². The maximum atomic E-state index is 11.5. The van der Waals surface area contributed by atoms with Gasteiger partial charge < -0.3 is 5.32 Å². The number of benzene rings is 1. The molecule has 0 saturated carbocycles. The van der Waals surface area contributed by atoms with E-state index < -0.39 is 9.84 Å². The maximum absolute atomic E-state index is 11.5. The summed E-state index contributed by atoms with van der Waals surface area (Å²) in [5.41, 5.74) is 1.17. The SMILES string of the molecule is CCCC(C)CC(NCC)c1ccc(S(C)(=O)=O)cc1. The second-order valence-corrected chi connectivity index (χ2v) is 7.60. The maximum Gasteiger partial charge on any atom is 0.175 e. The van der Waals surface area contributed by atoms with Gasteiger partial charge in [0.1, 0.15) is 0 Å². The smallest absolute Gasteiger partial charge is 0.175 e. The predicted molar refractivity (Wildman–Crippen MR) is 84.7 cm³/mol. The molecule has 4 heteroatoms. The quantitative estimate of drug-likeness (QED) is 0.798. The number of hydrogen-bond acceptors (Lipinski definition) is 3. The Labute approximate surface area is 123 Å². The molecule has 1 N–H and O–H groups in total. The summed E-state index contributed by atoms with van der Waals surface area (Å²) in [6, 6.07) is 7.58. The van der Waals surface area contributed by atoms with Gasteiger partial charge in [-0.25, -0.2) is 8.42 Å². The van der Waals surface area contributed by atoms with Crippen LogP contribution < -0.4 is 5.32 Å². The normalized spacial score (nSPS) is 15.0. The molecule has 3 nitrogen and oxygen atoms in total. The number of rotatable bonds is 8. The predicted octanol–water partition coefficient (Wildman–Crippen LogP) is 3.57. The number of hydrogen-bond donors (Lipinski definition) is 1. The third-order valence-electron chi connectivity index (χ3n) is 3.58. The van der Waals surface area contributed by atoms with Gasteiger partial charge in [-0.2, -0.15) is 0 Å². The highest BCUT2D eigenvalue weighted by Crippen LogP contribution is 2.25.